The first-order valence-corrected chi connectivity index (χ1v) is 8.42. The number of anilines is 2. The molecule has 3 aromatic rings. The van der Waals surface area contributed by atoms with Crippen LogP contribution in [0.25, 0.3) is 10.2 Å². The van der Waals surface area contributed by atoms with Crippen molar-refractivity contribution in [3.63, 3.8) is 0 Å². The molecule has 2 N–H and O–H groups in total. The number of nitrogens with one attached hydrogen (secondary N) is 2. The summed E-state index contributed by atoms with van der Waals surface area (Å²) in [5.74, 6) is 0.245. The summed E-state index contributed by atoms with van der Waals surface area (Å²) in [4.78, 5) is 28.0. The second-order valence-corrected chi connectivity index (χ2v) is 6.56. The van der Waals surface area contributed by atoms with Gasteiger partial charge in [-0.15, -0.1) is 0 Å². The van der Waals surface area contributed by atoms with Gasteiger partial charge in [-0.25, -0.2) is 4.98 Å². The average molecular weight is 355 g/mol. The molecule has 2 amide bonds. The quantitative estimate of drug-likeness (QED) is 0.745. The number of hydrogen-bond donors (Lipinski definition) is 2. The highest BCUT2D eigenvalue weighted by molar-refractivity contribution is 7.22. The first-order valence-electron chi connectivity index (χ1n) is 7.60. The number of fused-ring (bicyclic) bond motifs is 1. The van der Waals surface area contributed by atoms with Crippen LogP contribution in [0.5, 0.6) is 5.75 Å². The number of nitrogens with zero attached hydrogens (tertiary/aromatic N) is 1. The fraction of sp³-hybridized carbons (Fsp3) is 0.167. The summed E-state index contributed by atoms with van der Waals surface area (Å²) in [5, 5.41) is 6.12. The van der Waals surface area contributed by atoms with Gasteiger partial charge in [0.25, 0.3) is 5.91 Å². The first kappa shape index (κ1) is 16.9. The highest BCUT2D eigenvalue weighted by Gasteiger charge is 2.12. The number of ether oxygens (including phenoxy) is 1. The zero-order valence-electron chi connectivity index (χ0n) is 14.0. The second-order valence-electron chi connectivity index (χ2n) is 5.53. The third-order valence-electron chi connectivity index (χ3n) is 3.56. The lowest BCUT2D eigenvalue weighted by Gasteiger charge is -2.08. The standard InChI is InChI=1S/C18H17N3O3S/c1-10-7-13(9-15-16(10)21-18(25-15)19-11(2)22)20-17(23)12-5-4-6-14(8-12)24-3/h4-9H,1-3H3,(H,20,23)(H,19,21,22). The Labute approximate surface area is 148 Å². The van der Waals surface area contributed by atoms with Gasteiger partial charge >= 0.3 is 0 Å². The van der Waals surface area contributed by atoms with Crippen LogP contribution in [0.4, 0.5) is 10.8 Å². The van der Waals surface area contributed by atoms with Crippen molar-refractivity contribution in [3.8, 4) is 5.75 Å². The molecule has 7 heteroatoms. The topological polar surface area (TPSA) is 80.3 Å². The molecular weight excluding hydrogens is 338 g/mol. The van der Waals surface area contributed by atoms with E-state index in [1.807, 2.05) is 19.1 Å². The monoisotopic (exact) mass is 355 g/mol. The van der Waals surface area contributed by atoms with E-state index in [9.17, 15) is 9.59 Å². The minimum atomic E-state index is -0.218. The Bertz CT molecular complexity index is 965. The van der Waals surface area contributed by atoms with Crippen LogP contribution in [-0.2, 0) is 4.79 Å². The molecule has 1 aromatic heterocycles. The van der Waals surface area contributed by atoms with Gasteiger partial charge in [0.1, 0.15) is 5.75 Å². The summed E-state index contributed by atoms with van der Waals surface area (Å²) >= 11 is 1.37. The van der Waals surface area contributed by atoms with E-state index in [1.165, 1.54) is 18.3 Å². The molecule has 0 saturated carbocycles. The van der Waals surface area contributed by atoms with E-state index in [0.29, 0.717) is 22.1 Å². The van der Waals surface area contributed by atoms with Gasteiger partial charge in [-0.2, -0.15) is 0 Å². The summed E-state index contributed by atoms with van der Waals surface area (Å²) < 4.78 is 6.04. The number of aryl methyl sites for hydroxylation is 1. The third-order valence-corrected chi connectivity index (χ3v) is 4.48. The highest BCUT2D eigenvalue weighted by atomic mass is 32.1. The van der Waals surface area contributed by atoms with E-state index in [0.717, 1.165) is 15.8 Å². The van der Waals surface area contributed by atoms with Crippen molar-refractivity contribution >= 4 is 44.2 Å². The Hall–Kier alpha value is -2.93. The van der Waals surface area contributed by atoms with E-state index in [4.69, 9.17) is 4.74 Å². The van der Waals surface area contributed by atoms with Crippen molar-refractivity contribution in [2.24, 2.45) is 0 Å². The largest absolute Gasteiger partial charge is 0.497 e. The average Bonchev–Trinajstić information content (AvgIpc) is 2.97. The number of thiazole rings is 1. The normalized spacial score (nSPS) is 10.5. The lowest BCUT2D eigenvalue weighted by Crippen LogP contribution is -2.12. The van der Waals surface area contributed by atoms with Crippen LogP contribution < -0.4 is 15.4 Å². The van der Waals surface area contributed by atoms with Gasteiger partial charge in [0, 0.05) is 18.2 Å². The maximum Gasteiger partial charge on any atom is 0.255 e. The molecule has 0 spiro atoms. The molecule has 2 aromatic carbocycles. The predicted octanol–water partition coefficient (Wildman–Crippen LogP) is 3.82. The Morgan fingerprint density at radius 1 is 1.16 bits per heavy atom. The Morgan fingerprint density at radius 3 is 2.68 bits per heavy atom. The molecule has 0 unspecified atom stereocenters. The molecule has 0 bridgehead atoms. The number of hydrogen-bond acceptors (Lipinski definition) is 5. The van der Waals surface area contributed by atoms with E-state index in [2.05, 4.69) is 15.6 Å². The molecular formula is C18H17N3O3S. The number of aromatic nitrogens is 1. The van der Waals surface area contributed by atoms with Crippen LogP contribution in [0.2, 0.25) is 0 Å². The van der Waals surface area contributed by atoms with E-state index in [-0.39, 0.29) is 11.8 Å². The van der Waals surface area contributed by atoms with Crippen LogP contribution in [0.15, 0.2) is 36.4 Å². The van der Waals surface area contributed by atoms with Crippen molar-refractivity contribution in [2.75, 3.05) is 17.7 Å². The van der Waals surface area contributed by atoms with Gasteiger partial charge < -0.3 is 15.4 Å². The van der Waals surface area contributed by atoms with E-state index >= 15 is 0 Å². The second kappa shape index (κ2) is 6.90. The van der Waals surface area contributed by atoms with Crippen molar-refractivity contribution in [1.29, 1.82) is 0 Å². The van der Waals surface area contributed by atoms with Gasteiger partial charge in [-0.1, -0.05) is 17.4 Å². The van der Waals surface area contributed by atoms with Gasteiger partial charge in [-0.05, 0) is 42.8 Å². The molecule has 0 aliphatic rings. The van der Waals surface area contributed by atoms with Crippen LogP contribution in [0.1, 0.15) is 22.8 Å². The molecule has 3 rings (SSSR count). The lowest BCUT2D eigenvalue weighted by atomic mass is 10.1. The fourth-order valence-corrected chi connectivity index (χ4v) is 3.47. The number of carbonyl (C=O) groups is 2. The van der Waals surface area contributed by atoms with E-state index < -0.39 is 0 Å². The zero-order valence-corrected chi connectivity index (χ0v) is 14.9. The number of methoxy groups -OCH3 is 1. The summed E-state index contributed by atoms with van der Waals surface area (Å²) in [5.41, 5.74) is 2.93. The maximum atomic E-state index is 12.4. The van der Waals surface area contributed by atoms with Crippen LogP contribution in [0, 0.1) is 6.92 Å². The molecule has 0 aliphatic heterocycles. The molecule has 0 aliphatic carbocycles. The summed E-state index contributed by atoms with van der Waals surface area (Å²) in [6.45, 7) is 3.36. The minimum Gasteiger partial charge on any atom is -0.497 e. The molecule has 6 nitrogen and oxygen atoms in total. The van der Waals surface area contributed by atoms with Gasteiger partial charge in [0.05, 0.1) is 17.3 Å². The predicted molar refractivity (Wildman–Crippen MR) is 99.6 cm³/mol. The van der Waals surface area contributed by atoms with Crippen molar-refractivity contribution in [1.82, 2.24) is 4.98 Å². The summed E-state index contributed by atoms with van der Waals surface area (Å²) in [6.07, 6.45) is 0. The zero-order chi connectivity index (χ0) is 18.0. The third kappa shape index (κ3) is 3.77. The molecule has 0 fully saturated rings. The molecule has 0 radical (unpaired) electrons. The van der Waals surface area contributed by atoms with Gasteiger partial charge in [0.15, 0.2) is 5.13 Å². The molecule has 25 heavy (non-hydrogen) atoms. The lowest BCUT2D eigenvalue weighted by molar-refractivity contribution is -0.114. The summed E-state index contributed by atoms with van der Waals surface area (Å²) in [6, 6.07) is 10.7. The van der Waals surface area contributed by atoms with E-state index in [1.54, 1.807) is 31.4 Å². The fourth-order valence-electron chi connectivity index (χ4n) is 2.44. The maximum absolute atomic E-state index is 12.4. The highest BCUT2D eigenvalue weighted by Crippen LogP contribution is 2.31. The number of benzene rings is 2. The smallest absolute Gasteiger partial charge is 0.255 e. The van der Waals surface area contributed by atoms with Crippen LogP contribution in [-0.4, -0.2) is 23.9 Å². The van der Waals surface area contributed by atoms with Crippen LogP contribution in [0.3, 0.4) is 0 Å². The number of carbonyl (C=O) groups excluding carboxylic acids is 2. The molecule has 1 heterocycles. The molecule has 0 atom stereocenters. The SMILES string of the molecule is COc1cccc(C(=O)Nc2cc(C)c3nc(NC(C)=O)sc3c2)c1. The Balaban J connectivity index is 1.88. The van der Waals surface area contributed by atoms with Crippen molar-refractivity contribution in [3.05, 3.63) is 47.5 Å². The Morgan fingerprint density at radius 2 is 1.96 bits per heavy atom. The summed E-state index contributed by atoms with van der Waals surface area (Å²) in [7, 11) is 1.56. The van der Waals surface area contributed by atoms with Gasteiger partial charge in [0.2, 0.25) is 5.91 Å². The Kier molecular flexibility index (Phi) is 4.67. The van der Waals surface area contributed by atoms with Crippen LogP contribution >= 0.6 is 11.3 Å². The number of rotatable bonds is 4. The molecule has 0 saturated heterocycles. The van der Waals surface area contributed by atoms with Crippen molar-refractivity contribution < 1.29 is 14.3 Å². The molecule has 128 valence electrons. The minimum absolute atomic E-state index is 0.164. The first-order chi connectivity index (χ1) is 12.0. The van der Waals surface area contributed by atoms with Gasteiger partial charge in [-0.3, -0.25) is 9.59 Å². The number of amides is 2. The van der Waals surface area contributed by atoms with Crippen molar-refractivity contribution in [2.45, 2.75) is 13.8 Å².